The molecule has 0 aromatic heterocycles. The molecule has 0 aliphatic heterocycles. The van der Waals surface area contributed by atoms with Crippen molar-refractivity contribution in [1.82, 2.24) is 5.43 Å². The average Bonchev–Trinajstić information content (AvgIpc) is 2.61. The van der Waals surface area contributed by atoms with Gasteiger partial charge in [0.1, 0.15) is 11.5 Å². The molecule has 2 rings (SSSR count). The van der Waals surface area contributed by atoms with E-state index in [1.165, 1.54) is 13.3 Å². The van der Waals surface area contributed by atoms with Crippen LogP contribution in [0.1, 0.15) is 15.9 Å². The normalized spacial score (nSPS) is 10.9. The van der Waals surface area contributed by atoms with E-state index in [0.29, 0.717) is 17.1 Å². The van der Waals surface area contributed by atoms with Crippen molar-refractivity contribution in [1.29, 1.82) is 0 Å². The molecular weight excluding hydrogens is 292 g/mol. The predicted molar refractivity (Wildman–Crippen MR) is 91.0 cm³/mol. The summed E-state index contributed by atoms with van der Waals surface area (Å²) in [7, 11) is 3.05. The Bertz CT molecular complexity index is 709. The molecule has 1 amide bonds. The molecule has 0 saturated carbocycles. The SMILES string of the molecule is COc1ccc(C(=O)NN=CC=Cc2ccccc2)c(OC)c1. The van der Waals surface area contributed by atoms with Crippen molar-refractivity contribution >= 4 is 18.2 Å². The standard InChI is InChI=1S/C18H18N2O3/c1-22-15-10-11-16(17(13-15)23-2)18(21)20-19-12-6-9-14-7-4-3-5-8-14/h3-13H,1-2H3,(H,20,21). The van der Waals surface area contributed by atoms with Crippen molar-refractivity contribution in [3.05, 3.63) is 65.7 Å². The summed E-state index contributed by atoms with van der Waals surface area (Å²) in [4.78, 5) is 12.1. The number of carbonyl (C=O) groups excluding carboxylic acids is 1. The van der Waals surface area contributed by atoms with Crippen LogP contribution in [0.2, 0.25) is 0 Å². The van der Waals surface area contributed by atoms with Crippen molar-refractivity contribution in [2.24, 2.45) is 5.10 Å². The highest BCUT2D eigenvalue weighted by Gasteiger charge is 2.12. The summed E-state index contributed by atoms with van der Waals surface area (Å²) < 4.78 is 10.3. The highest BCUT2D eigenvalue weighted by Crippen LogP contribution is 2.24. The molecule has 0 saturated heterocycles. The fraction of sp³-hybridized carbons (Fsp3) is 0.111. The monoisotopic (exact) mass is 310 g/mol. The van der Waals surface area contributed by atoms with Crippen LogP contribution in [0, 0.1) is 0 Å². The lowest BCUT2D eigenvalue weighted by molar-refractivity contribution is 0.0952. The summed E-state index contributed by atoms with van der Waals surface area (Å²) in [5.41, 5.74) is 3.90. The van der Waals surface area contributed by atoms with Crippen LogP contribution in [0.15, 0.2) is 59.7 Å². The molecule has 0 aliphatic carbocycles. The number of benzene rings is 2. The minimum atomic E-state index is -0.353. The number of carbonyl (C=O) groups is 1. The zero-order valence-electron chi connectivity index (χ0n) is 13.0. The summed E-state index contributed by atoms with van der Waals surface area (Å²) in [5.74, 6) is 0.693. The van der Waals surface area contributed by atoms with Gasteiger partial charge >= 0.3 is 0 Å². The smallest absolute Gasteiger partial charge is 0.275 e. The second-order valence-electron chi connectivity index (χ2n) is 4.56. The number of methoxy groups -OCH3 is 2. The van der Waals surface area contributed by atoms with Crippen LogP contribution in [0.4, 0.5) is 0 Å². The molecule has 23 heavy (non-hydrogen) atoms. The first kappa shape index (κ1) is 16.3. The number of allylic oxidation sites excluding steroid dienone is 1. The van der Waals surface area contributed by atoms with E-state index in [1.54, 1.807) is 31.4 Å². The molecule has 0 heterocycles. The molecule has 2 aromatic carbocycles. The highest BCUT2D eigenvalue weighted by atomic mass is 16.5. The maximum atomic E-state index is 12.1. The first-order chi connectivity index (χ1) is 11.2. The number of hydrogen-bond acceptors (Lipinski definition) is 4. The molecule has 0 aliphatic rings. The Labute approximate surface area is 135 Å². The molecule has 1 N–H and O–H groups in total. The first-order valence-corrected chi connectivity index (χ1v) is 7.01. The van der Waals surface area contributed by atoms with Gasteiger partial charge in [-0.05, 0) is 23.8 Å². The number of nitrogens with one attached hydrogen (secondary N) is 1. The fourth-order valence-electron chi connectivity index (χ4n) is 1.90. The van der Waals surface area contributed by atoms with Crippen LogP contribution in [0.25, 0.3) is 6.08 Å². The Morgan fingerprint density at radius 1 is 1.09 bits per heavy atom. The van der Waals surface area contributed by atoms with Gasteiger partial charge < -0.3 is 9.47 Å². The zero-order chi connectivity index (χ0) is 16.5. The van der Waals surface area contributed by atoms with E-state index in [-0.39, 0.29) is 5.91 Å². The third kappa shape index (κ3) is 4.71. The molecule has 5 heteroatoms. The number of rotatable bonds is 6. The summed E-state index contributed by atoms with van der Waals surface area (Å²) in [5, 5.41) is 3.88. The largest absolute Gasteiger partial charge is 0.497 e. The number of ether oxygens (including phenoxy) is 2. The molecule has 5 nitrogen and oxygen atoms in total. The van der Waals surface area contributed by atoms with Gasteiger partial charge in [0.2, 0.25) is 0 Å². The lowest BCUT2D eigenvalue weighted by atomic mass is 10.2. The van der Waals surface area contributed by atoms with Gasteiger partial charge in [-0.25, -0.2) is 5.43 Å². The van der Waals surface area contributed by atoms with Gasteiger partial charge in [0.25, 0.3) is 5.91 Å². The van der Waals surface area contributed by atoms with E-state index in [9.17, 15) is 4.79 Å². The molecule has 118 valence electrons. The van der Waals surface area contributed by atoms with Crippen LogP contribution in [0.3, 0.4) is 0 Å². The van der Waals surface area contributed by atoms with E-state index in [0.717, 1.165) is 5.56 Å². The van der Waals surface area contributed by atoms with Crippen molar-refractivity contribution < 1.29 is 14.3 Å². The molecule has 0 unspecified atom stereocenters. The first-order valence-electron chi connectivity index (χ1n) is 7.01. The van der Waals surface area contributed by atoms with E-state index < -0.39 is 0 Å². The van der Waals surface area contributed by atoms with Crippen LogP contribution in [0.5, 0.6) is 11.5 Å². The highest BCUT2D eigenvalue weighted by molar-refractivity contribution is 5.97. The predicted octanol–water partition coefficient (Wildman–Crippen LogP) is 3.13. The molecular formula is C18H18N2O3. The van der Waals surface area contributed by atoms with Gasteiger partial charge in [0, 0.05) is 12.3 Å². The summed E-state index contributed by atoms with van der Waals surface area (Å²) >= 11 is 0. The number of hydrogen-bond donors (Lipinski definition) is 1. The van der Waals surface area contributed by atoms with Gasteiger partial charge in [0.15, 0.2) is 0 Å². The van der Waals surface area contributed by atoms with Crippen LogP contribution < -0.4 is 14.9 Å². The lowest BCUT2D eigenvalue weighted by Crippen LogP contribution is -2.18. The van der Waals surface area contributed by atoms with Crippen LogP contribution in [-0.4, -0.2) is 26.3 Å². The van der Waals surface area contributed by atoms with Gasteiger partial charge in [0.05, 0.1) is 19.8 Å². The van der Waals surface area contributed by atoms with Gasteiger partial charge in [-0.1, -0.05) is 36.4 Å². The fourth-order valence-corrected chi connectivity index (χ4v) is 1.90. The minimum absolute atomic E-state index is 0.353. The quantitative estimate of drug-likeness (QED) is 0.658. The number of hydrazone groups is 1. The Kier molecular flexibility index (Phi) is 5.94. The molecule has 2 aromatic rings. The maximum Gasteiger partial charge on any atom is 0.275 e. The maximum absolute atomic E-state index is 12.1. The van der Waals surface area contributed by atoms with Crippen LogP contribution in [-0.2, 0) is 0 Å². The van der Waals surface area contributed by atoms with E-state index in [4.69, 9.17) is 9.47 Å². The summed E-state index contributed by atoms with van der Waals surface area (Å²) in [6, 6.07) is 14.8. The number of nitrogens with zero attached hydrogens (tertiary/aromatic N) is 1. The Hall–Kier alpha value is -3.08. The Morgan fingerprint density at radius 2 is 1.87 bits per heavy atom. The Balaban J connectivity index is 1.97. The third-order valence-corrected chi connectivity index (χ3v) is 3.07. The topological polar surface area (TPSA) is 59.9 Å². The summed E-state index contributed by atoms with van der Waals surface area (Å²) in [6.07, 6.45) is 5.16. The second kappa shape index (κ2) is 8.38. The van der Waals surface area contributed by atoms with E-state index in [1.807, 2.05) is 36.4 Å². The van der Waals surface area contributed by atoms with Crippen molar-refractivity contribution in [3.63, 3.8) is 0 Å². The van der Waals surface area contributed by atoms with E-state index in [2.05, 4.69) is 10.5 Å². The molecule has 0 bridgehead atoms. The van der Waals surface area contributed by atoms with Gasteiger partial charge in [-0.15, -0.1) is 0 Å². The van der Waals surface area contributed by atoms with Crippen molar-refractivity contribution in [3.8, 4) is 11.5 Å². The van der Waals surface area contributed by atoms with Gasteiger partial charge in [-0.2, -0.15) is 5.10 Å². The van der Waals surface area contributed by atoms with Crippen molar-refractivity contribution in [2.75, 3.05) is 14.2 Å². The van der Waals surface area contributed by atoms with Crippen LogP contribution >= 0.6 is 0 Å². The second-order valence-corrected chi connectivity index (χ2v) is 4.56. The van der Waals surface area contributed by atoms with Crippen molar-refractivity contribution in [2.45, 2.75) is 0 Å². The Morgan fingerprint density at radius 3 is 2.57 bits per heavy atom. The molecule has 0 radical (unpaired) electrons. The van der Waals surface area contributed by atoms with Gasteiger partial charge in [-0.3, -0.25) is 4.79 Å². The van der Waals surface area contributed by atoms with E-state index >= 15 is 0 Å². The molecule has 0 atom stereocenters. The third-order valence-electron chi connectivity index (χ3n) is 3.07. The lowest BCUT2D eigenvalue weighted by Gasteiger charge is -2.08. The molecule has 0 spiro atoms. The average molecular weight is 310 g/mol. The minimum Gasteiger partial charge on any atom is -0.497 e. The zero-order valence-corrected chi connectivity index (χ0v) is 13.0. The summed E-state index contributed by atoms with van der Waals surface area (Å²) in [6.45, 7) is 0. The molecule has 0 fully saturated rings. The number of amides is 1.